The first-order valence-electron chi connectivity index (χ1n) is 7.97. The number of hydrogen-bond acceptors (Lipinski definition) is 5. The van der Waals surface area contributed by atoms with Crippen LogP contribution in [0.25, 0.3) is 0 Å². The van der Waals surface area contributed by atoms with E-state index in [2.05, 4.69) is 5.32 Å². The van der Waals surface area contributed by atoms with E-state index in [1.165, 1.54) is 11.3 Å². The molecule has 1 amide bonds. The van der Waals surface area contributed by atoms with Crippen LogP contribution in [0.4, 0.5) is 9.57 Å². The van der Waals surface area contributed by atoms with Crippen LogP contribution >= 0.6 is 34.5 Å². The second-order valence-corrected chi connectivity index (χ2v) is 9.09. The summed E-state index contributed by atoms with van der Waals surface area (Å²) < 4.78 is 36.8. The van der Waals surface area contributed by atoms with Crippen LogP contribution < -0.4 is 10.2 Å². The maximum Gasteiger partial charge on any atom is 0.374 e. The van der Waals surface area contributed by atoms with E-state index in [9.17, 15) is 17.1 Å². The minimum Gasteiger partial charge on any atom is -0.357 e. The van der Waals surface area contributed by atoms with Gasteiger partial charge in [-0.05, 0) is 29.6 Å². The molecule has 0 spiro atoms. The highest BCUT2D eigenvalue weighted by Gasteiger charge is 2.37. The van der Waals surface area contributed by atoms with Crippen molar-refractivity contribution >= 4 is 56.5 Å². The Bertz CT molecular complexity index is 925. The number of halogens is 3. The molecule has 0 unspecified atom stereocenters. The normalized spacial score (nSPS) is 18.5. The van der Waals surface area contributed by atoms with Crippen LogP contribution in [0.1, 0.15) is 4.88 Å². The summed E-state index contributed by atoms with van der Waals surface area (Å²) in [6.45, 7) is 0.0753. The molecule has 1 aromatic carbocycles. The lowest BCUT2D eigenvalue weighted by molar-refractivity contribution is -0.123. The summed E-state index contributed by atoms with van der Waals surface area (Å²) in [7, 11) is -4.89. The molecule has 0 radical (unpaired) electrons. The molecule has 1 aromatic heterocycles. The second kappa shape index (κ2) is 8.32. The van der Waals surface area contributed by atoms with Gasteiger partial charge in [-0.1, -0.05) is 33.2 Å². The molecule has 0 aliphatic carbocycles. The van der Waals surface area contributed by atoms with E-state index in [4.69, 9.17) is 23.2 Å². The van der Waals surface area contributed by atoms with Crippen molar-refractivity contribution in [3.05, 3.63) is 50.6 Å². The van der Waals surface area contributed by atoms with Gasteiger partial charge in [0, 0.05) is 30.2 Å². The van der Waals surface area contributed by atoms with E-state index >= 15 is 0 Å². The van der Waals surface area contributed by atoms with Crippen LogP contribution in [-0.4, -0.2) is 44.3 Å². The van der Waals surface area contributed by atoms with Gasteiger partial charge in [-0.15, -0.1) is 11.3 Å². The number of nitrogens with one attached hydrogen (secondary N) is 1. The number of nitrogens with zero attached hydrogens (tertiary/aromatic N) is 2. The predicted molar refractivity (Wildman–Crippen MR) is 105 cm³/mol. The minimum absolute atomic E-state index is 0.0756. The van der Waals surface area contributed by atoms with E-state index in [0.29, 0.717) is 26.6 Å². The molecule has 1 aliphatic heterocycles. The highest BCUT2D eigenvalue weighted by atomic mass is 35.5. The number of hydrogen-bond donors (Lipinski definition) is 1. The third-order valence-electron chi connectivity index (χ3n) is 4.21. The number of amides is 1. The Labute approximate surface area is 170 Å². The topological polar surface area (TPSA) is 69.7 Å². The van der Waals surface area contributed by atoms with E-state index < -0.39 is 22.4 Å². The molecule has 2 aromatic rings. The Morgan fingerprint density at radius 2 is 2.04 bits per heavy atom. The largest absolute Gasteiger partial charge is 0.374 e. The Hall–Kier alpha value is -1.39. The molecule has 27 heavy (non-hydrogen) atoms. The number of thiophene rings is 1. The number of anilines is 1. The van der Waals surface area contributed by atoms with Crippen LogP contribution in [0.3, 0.4) is 0 Å². The molecule has 1 atom stereocenters. The van der Waals surface area contributed by atoms with E-state index in [1.54, 1.807) is 23.1 Å². The fourth-order valence-corrected chi connectivity index (χ4v) is 4.41. The summed E-state index contributed by atoms with van der Waals surface area (Å²) in [5.41, 5.74) is 0.608. The zero-order valence-electron chi connectivity index (χ0n) is 13.9. The van der Waals surface area contributed by atoms with Crippen LogP contribution in [0.15, 0.2) is 35.7 Å². The Kier molecular flexibility index (Phi) is 6.27. The lowest BCUT2D eigenvalue weighted by atomic mass is 10.1. The third kappa shape index (κ3) is 4.91. The second-order valence-electron chi connectivity index (χ2n) is 5.90. The van der Waals surface area contributed by atoms with Crippen LogP contribution in [0.5, 0.6) is 0 Å². The Morgan fingerprint density at radius 3 is 2.67 bits per heavy atom. The van der Waals surface area contributed by atoms with Crippen molar-refractivity contribution in [1.82, 2.24) is 9.62 Å². The first kappa shape index (κ1) is 20.3. The third-order valence-corrected chi connectivity index (χ3v) is 6.77. The Morgan fingerprint density at radius 1 is 1.26 bits per heavy atom. The molecule has 1 saturated heterocycles. The van der Waals surface area contributed by atoms with Crippen LogP contribution in [0, 0.1) is 0 Å². The summed E-state index contributed by atoms with van der Waals surface area (Å²) >= 11 is 13.5. The fourth-order valence-electron chi connectivity index (χ4n) is 2.86. The van der Waals surface area contributed by atoms with Crippen LogP contribution in [0.2, 0.25) is 10.0 Å². The van der Waals surface area contributed by atoms with Gasteiger partial charge in [0.2, 0.25) is 5.91 Å². The van der Waals surface area contributed by atoms with Crippen molar-refractivity contribution in [1.29, 1.82) is 0 Å². The number of benzene rings is 1. The highest BCUT2D eigenvalue weighted by molar-refractivity contribution is 7.83. The molecule has 1 aliphatic rings. The summed E-state index contributed by atoms with van der Waals surface area (Å²) in [4.78, 5) is 15.4. The molecular weight excluding hydrogens is 436 g/mol. The summed E-state index contributed by atoms with van der Waals surface area (Å²) in [6.07, 6.45) is 0. The standard InChI is InChI=1S/C16H16Cl2FN3O3S2/c17-13-4-3-11(8-14(13)18)22-6-5-21(27(19,24)25)10-15(22)16(23)20-9-12-2-1-7-26-12/h1-4,7-8,15H,5-6,9-10H2,(H,20,23)/t15-/m0/s1. The van der Waals surface area contributed by atoms with Gasteiger partial charge in [0.1, 0.15) is 6.04 Å². The van der Waals surface area contributed by atoms with Gasteiger partial charge in [0.15, 0.2) is 0 Å². The summed E-state index contributed by atoms with van der Waals surface area (Å²) in [5, 5.41) is 5.35. The van der Waals surface area contributed by atoms with Crippen molar-refractivity contribution in [2.75, 3.05) is 24.5 Å². The van der Waals surface area contributed by atoms with Gasteiger partial charge in [-0.25, -0.2) is 0 Å². The molecule has 1 fully saturated rings. The lowest BCUT2D eigenvalue weighted by Gasteiger charge is -2.40. The van der Waals surface area contributed by atoms with E-state index in [-0.39, 0.29) is 19.6 Å². The van der Waals surface area contributed by atoms with Crippen molar-refractivity contribution in [3.63, 3.8) is 0 Å². The van der Waals surface area contributed by atoms with Crippen molar-refractivity contribution < 1.29 is 17.1 Å². The molecule has 6 nitrogen and oxygen atoms in total. The minimum atomic E-state index is -4.89. The van der Waals surface area contributed by atoms with Crippen molar-refractivity contribution in [2.24, 2.45) is 0 Å². The quantitative estimate of drug-likeness (QED) is 0.709. The smallest absolute Gasteiger partial charge is 0.357 e. The van der Waals surface area contributed by atoms with Gasteiger partial charge < -0.3 is 10.2 Å². The molecule has 3 rings (SSSR count). The molecule has 11 heteroatoms. The zero-order chi connectivity index (χ0) is 19.6. The molecule has 146 valence electrons. The average molecular weight is 452 g/mol. The molecule has 2 heterocycles. The molecule has 0 bridgehead atoms. The number of carbonyl (C=O) groups excluding carboxylic acids is 1. The first-order valence-corrected chi connectivity index (χ1v) is 10.9. The molecule has 1 N–H and O–H groups in total. The lowest BCUT2D eigenvalue weighted by Crippen LogP contribution is -2.59. The van der Waals surface area contributed by atoms with Crippen molar-refractivity contribution in [3.8, 4) is 0 Å². The van der Waals surface area contributed by atoms with Gasteiger partial charge in [0.05, 0.1) is 16.6 Å². The number of rotatable bonds is 5. The van der Waals surface area contributed by atoms with E-state index in [1.807, 2.05) is 17.5 Å². The summed E-state index contributed by atoms with van der Waals surface area (Å²) in [6, 6.07) is 7.73. The van der Waals surface area contributed by atoms with Gasteiger partial charge in [0.25, 0.3) is 0 Å². The van der Waals surface area contributed by atoms with Gasteiger partial charge in [-0.3, -0.25) is 4.79 Å². The maximum atomic E-state index is 13.5. The van der Waals surface area contributed by atoms with Gasteiger partial charge >= 0.3 is 10.4 Å². The fraction of sp³-hybridized carbons (Fsp3) is 0.312. The molecular formula is C16H16Cl2FN3O3S2. The zero-order valence-corrected chi connectivity index (χ0v) is 17.1. The summed E-state index contributed by atoms with van der Waals surface area (Å²) in [5.74, 6) is -0.400. The maximum absolute atomic E-state index is 13.5. The van der Waals surface area contributed by atoms with Crippen LogP contribution in [-0.2, 0) is 21.7 Å². The average Bonchev–Trinajstić information content (AvgIpc) is 3.14. The molecule has 0 saturated carbocycles. The Balaban J connectivity index is 1.83. The predicted octanol–water partition coefficient (Wildman–Crippen LogP) is 3.08. The van der Waals surface area contributed by atoms with E-state index in [0.717, 1.165) is 4.88 Å². The highest BCUT2D eigenvalue weighted by Crippen LogP contribution is 2.30. The SMILES string of the molecule is O=C(NCc1cccs1)[C@@H]1CN(S(=O)(=O)F)CCN1c1ccc(Cl)c(Cl)c1. The first-order chi connectivity index (χ1) is 12.8. The van der Waals surface area contributed by atoms with Crippen molar-refractivity contribution in [2.45, 2.75) is 12.6 Å². The number of piperazine rings is 1. The monoisotopic (exact) mass is 451 g/mol. The number of carbonyl (C=O) groups is 1. The van der Waals surface area contributed by atoms with Gasteiger partial charge in [-0.2, -0.15) is 12.7 Å².